The van der Waals surface area contributed by atoms with Gasteiger partial charge in [0.1, 0.15) is 0 Å². The Morgan fingerprint density at radius 1 is 1.41 bits per heavy atom. The van der Waals surface area contributed by atoms with Gasteiger partial charge in [0.25, 0.3) is 0 Å². The van der Waals surface area contributed by atoms with Crippen LogP contribution in [0.15, 0.2) is 49.1 Å². The number of nitrogens with zero attached hydrogens (tertiary/aromatic N) is 3. The highest BCUT2D eigenvalue weighted by Crippen LogP contribution is 2.15. The summed E-state index contributed by atoms with van der Waals surface area (Å²) >= 11 is 0. The van der Waals surface area contributed by atoms with Crippen LogP contribution in [0.25, 0.3) is 0 Å². The first-order valence-electron chi connectivity index (χ1n) is 7.22. The number of benzene rings is 1. The molecular weight excluding hydrogens is 280 g/mol. The molecule has 0 saturated carbocycles. The van der Waals surface area contributed by atoms with E-state index in [1.54, 1.807) is 31.6 Å². The predicted molar refractivity (Wildman–Crippen MR) is 84.4 cm³/mol. The van der Waals surface area contributed by atoms with E-state index in [2.05, 4.69) is 10.3 Å². The Morgan fingerprint density at radius 3 is 2.82 bits per heavy atom. The Hall–Kier alpha value is -2.34. The van der Waals surface area contributed by atoms with Gasteiger partial charge in [0.05, 0.1) is 19.0 Å². The molecule has 1 N–H and O–H groups in total. The number of hydrogen-bond acceptors (Lipinski definition) is 3. The Bertz CT molecular complexity index is 557. The largest absolute Gasteiger partial charge is 0.383 e. The number of amides is 2. The van der Waals surface area contributed by atoms with Crippen molar-refractivity contribution in [3.05, 3.63) is 54.6 Å². The third kappa shape index (κ3) is 4.60. The standard InChI is InChI=1S/C16H22N4O2/c1-19(10-11-22-2)16(21)18-15(12-20-9-8-17-13-20)14-6-4-3-5-7-14/h3-9,13,15H,10-12H2,1-2H3,(H,18,21)/t15-/m0/s1. The molecule has 1 aromatic heterocycles. The van der Waals surface area contributed by atoms with Crippen molar-refractivity contribution in [2.75, 3.05) is 27.3 Å². The highest BCUT2D eigenvalue weighted by atomic mass is 16.5. The lowest BCUT2D eigenvalue weighted by Gasteiger charge is -2.24. The number of methoxy groups -OCH3 is 1. The highest BCUT2D eigenvalue weighted by Gasteiger charge is 2.17. The first-order chi connectivity index (χ1) is 10.7. The molecule has 2 rings (SSSR count). The van der Waals surface area contributed by atoms with E-state index in [-0.39, 0.29) is 12.1 Å². The minimum absolute atomic E-state index is 0.118. The number of urea groups is 1. The Morgan fingerprint density at radius 2 is 2.18 bits per heavy atom. The van der Waals surface area contributed by atoms with Crippen LogP contribution in [0.4, 0.5) is 4.79 Å². The molecule has 1 atom stereocenters. The second-order valence-corrected chi connectivity index (χ2v) is 5.09. The summed E-state index contributed by atoms with van der Waals surface area (Å²) in [6.45, 7) is 1.70. The third-order valence-corrected chi connectivity index (χ3v) is 3.43. The SMILES string of the molecule is COCCN(C)C(=O)N[C@@H](Cn1ccnc1)c1ccccc1. The number of likely N-dealkylation sites (N-methyl/N-ethyl adjacent to an activating group) is 1. The minimum atomic E-state index is -0.119. The molecule has 0 unspecified atom stereocenters. The molecule has 6 heteroatoms. The van der Waals surface area contributed by atoms with E-state index in [9.17, 15) is 4.79 Å². The van der Waals surface area contributed by atoms with Gasteiger partial charge in [0.15, 0.2) is 0 Å². The van der Waals surface area contributed by atoms with E-state index in [1.807, 2.05) is 41.1 Å². The summed E-state index contributed by atoms with van der Waals surface area (Å²) in [5.41, 5.74) is 1.06. The number of hydrogen-bond donors (Lipinski definition) is 1. The second-order valence-electron chi connectivity index (χ2n) is 5.09. The van der Waals surface area contributed by atoms with Crippen molar-refractivity contribution in [2.45, 2.75) is 12.6 Å². The molecule has 0 bridgehead atoms. The molecule has 0 fully saturated rings. The van der Waals surface area contributed by atoms with Gasteiger partial charge < -0.3 is 19.5 Å². The second kappa shape index (κ2) is 8.19. The molecule has 0 aliphatic rings. The third-order valence-electron chi connectivity index (χ3n) is 3.43. The molecule has 0 aliphatic carbocycles. The zero-order chi connectivity index (χ0) is 15.8. The molecule has 1 heterocycles. The van der Waals surface area contributed by atoms with Crippen LogP contribution in [-0.4, -0.2) is 47.8 Å². The number of nitrogens with one attached hydrogen (secondary N) is 1. The first kappa shape index (κ1) is 16.0. The van der Waals surface area contributed by atoms with Crippen molar-refractivity contribution >= 4 is 6.03 Å². The van der Waals surface area contributed by atoms with Crippen LogP contribution in [0.3, 0.4) is 0 Å². The molecular formula is C16H22N4O2. The lowest BCUT2D eigenvalue weighted by atomic mass is 10.1. The van der Waals surface area contributed by atoms with Crippen molar-refractivity contribution in [2.24, 2.45) is 0 Å². The van der Waals surface area contributed by atoms with Crippen LogP contribution in [-0.2, 0) is 11.3 Å². The van der Waals surface area contributed by atoms with E-state index in [1.165, 1.54) is 0 Å². The molecule has 0 radical (unpaired) electrons. The van der Waals surface area contributed by atoms with Crippen LogP contribution >= 0.6 is 0 Å². The number of carbonyl (C=O) groups is 1. The van der Waals surface area contributed by atoms with Crippen molar-refractivity contribution in [1.29, 1.82) is 0 Å². The summed E-state index contributed by atoms with van der Waals surface area (Å²) in [7, 11) is 3.38. The Balaban J connectivity index is 2.06. The number of imidazole rings is 1. The molecule has 22 heavy (non-hydrogen) atoms. The molecule has 0 aliphatic heterocycles. The fraction of sp³-hybridized carbons (Fsp3) is 0.375. The summed E-state index contributed by atoms with van der Waals surface area (Å²) in [5.74, 6) is 0. The molecule has 2 aromatic rings. The van der Waals surface area contributed by atoms with Gasteiger partial charge in [-0.1, -0.05) is 30.3 Å². The normalized spacial score (nSPS) is 11.9. The fourth-order valence-corrected chi connectivity index (χ4v) is 2.11. The smallest absolute Gasteiger partial charge is 0.317 e. The Labute approximate surface area is 130 Å². The van der Waals surface area contributed by atoms with Gasteiger partial charge in [0.2, 0.25) is 0 Å². The van der Waals surface area contributed by atoms with E-state index in [0.29, 0.717) is 19.7 Å². The minimum Gasteiger partial charge on any atom is -0.383 e. The molecule has 118 valence electrons. The summed E-state index contributed by atoms with van der Waals surface area (Å²) in [5, 5.41) is 3.06. The average Bonchev–Trinajstić information content (AvgIpc) is 3.05. The van der Waals surface area contributed by atoms with E-state index < -0.39 is 0 Å². The number of carbonyl (C=O) groups excluding carboxylic acids is 1. The summed E-state index contributed by atoms with van der Waals surface area (Å²) in [6, 6.07) is 9.69. The fourth-order valence-electron chi connectivity index (χ4n) is 2.11. The van der Waals surface area contributed by atoms with Crippen molar-refractivity contribution in [3.8, 4) is 0 Å². The van der Waals surface area contributed by atoms with Gasteiger partial charge in [-0.25, -0.2) is 9.78 Å². The van der Waals surface area contributed by atoms with Gasteiger partial charge >= 0.3 is 6.03 Å². The van der Waals surface area contributed by atoms with Gasteiger partial charge in [-0.2, -0.15) is 0 Å². The maximum absolute atomic E-state index is 12.3. The van der Waals surface area contributed by atoms with Gasteiger partial charge in [0, 0.05) is 39.6 Å². The van der Waals surface area contributed by atoms with E-state index in [0.717, 1.165) is 5.56 Å². The number of aromatic nitrogens is 2. The molecule has 2 amide bonds. The number of ether oxygens (including phenoxy) is 1. The summed E-state index contributed by atoms with van der Waals surface area (Å²) in [4.78, 5) is 18.0. The maximum atomic E-state index is 12.3. The average molecular weight is 302 g/mol. The van der Waals surface area contributed by atoms with E-state index in [4.69, 9.17) is 4.74 Å². The first-order valence-corrected chi connectivity index (χ1v) is 7.22. The van der Waals surface area contributed by atoms with Crippen LogP contribution in [0.5, 0.6) is 0 Å². The van der Waals surface area contributed by atoms with Gasteiger partial charge in [-0.05, 0) is 5.56 Å². The van der Waals surface area contributed by atoms with Crippen molar-refractivity contribution < 1.29 is 9.53 Å². The summed E-state index contributed by atoms with van der Waals surface area (Å²) in [6.07, 6.45) is 5.36. The molecule has 6 nitrogen and oxygen atoms in total. The number of rotatable bonds is 7. The zero-order valence-corrected chi connectivity index (χ0v) is 13.0. The molecule has 0 spiro atoms. The highest BCUT2D eigenvalue weighted by molar-refractivity contribution is 5.74. The van der Waals surface area contributed by atoms with Crippen LogP contribution in [0, 0.1) is 0 Å². The molecule has 1 aromatic carbocycles. The monoisotopic (exact) mass is 302 g/mol. The lowest BCUT2D eigenvalue weighted by Crippen LogP contribution is -2.41. The van der Waals surface area contributed by atoms with Crippen molar-refractivity contribution in [3.63, 3.8) is 0 Å². The van der Waals surface area contributed by atoms with Crippen LogP contribution in [0.2, 0.25) is 0 Å². The zero-order valence-electron chi connectivity index (χ0n) is 13.0. The lowest BCUT2D eigenvalue weighted by molar-refractivity contribution is 0.157. The van der Waals surface area contributed by atoms with Gasteiger partial charge in [-0.15, -0.1) is 0 Å². The van der Waals surface area contributed by atoms with Gasteiger partial charge in [-0.3, -0.25) is 0 Å². The quantitative estimate of drug-likeness (QED) is 0.850. The molecule has 0 saturated heterocycles. The summed E-state index contributed by atoms with van der Waals surface area (Å²) < 4.78 is 6.95. The maximum Gasteiger partial charge on any atom is 0.317 e. The Kier molecular flexibility index (Phi) is 5.97. The van der Waals surface area contributed by atoms with Crippen molar-refractivity contribution in [1.82, 2.24) is 19.8 Å². The van der Waals surface area contributed by atoms with Crippen LogP contribution in [0.1, 0.15) is 11.6 Å². The van der Waals surface area contributed by atoms with E-state index >= 15 is 0 Å². The predicted octanol–water partition coefficient (Wildman–Crippen LogP) is 1.91. The topological polar surface area (TPSA) is 59.4 Å². The van der Waals surface area contributed by atoms with Crippen LogP contribution < -0.4 is 5.32 Å².